The SMILES string of the molecule is COc1ncc(F)cc1C(=O)NCc1ccc(F)cc1F. The summed E-state index contributed by atoms with van der Waals surface area (Å²) in [4.78, 5) is 15.6. The van der Waals surface area contributed by atoms with Crippen molar-refractivity contribution in [1.29, 1.82) is 0 Å². The fourth-order valence-corrected chi connectivity index (χ4v) is 1.69. The maximum Gasteiger partial charge on any atom is 0.257 e. The number of methoxy groups -OCH3 is 1. The van der Waals surface area contributed by atoms with Crippen molar-refractivity contribution in [2.75, 3.05) is 7.11 Å². The van der Waals surface area contributed by atoms with Gasteiger partial charge < -0.3 is 10.1 Å². The first-order valence-electron chi connectivity index (χ1n) is 5.93. The molecule has 0 bridgehead atoms. The van der Waals surface area contributed by atoms with Gasteiger partial charge in [0.15, 0.2) is 0 Å². The number of amides is 1. The van der Waals surface area contributed by atoms with Gasteiger partial charge in [-0.25, -0.2) is 18.2 Å². The first kappa shape index (κ1) is 14.8. The number of ether oxygens (including phenoxy) is 1. The largest absolute Gasteiger partial charge is 0.480 e. The Bertz CT molecular complexity index is 677. The minimum atomic E-state index is -0.778. The quantitative estimate of drug-likeness (QED) is 0.943. The summed E-state index contributed by atoms with van der Waals surface area (Å²) in [5.74, 6) is -2.91. The minimum Gasteiger partial charge on any atom is -0.480 e. The van der Waals surface area contributed by atoms with E-state index >= 15 is 0 Å². The van der Waals surface area contributed by atoms with E-state index in [2.05, 4.69) is 10.3 Å². The average molecular weight is 296 g/mol. The van der Waals surface area contributed by atoms with E-state index in [0.717, 1.165) is 18.3 Å². The van der Waals surface area contributed by atoms with Gasteiger partial charge in [-0.05, 0) is 12.1 Å². The first-order valence-corrected chi connectivity index (χ1v) is 5.93. The van der Waals surface area contributed by atoms with Crippen LogP contribution in [0.2, 0.25) is 0 Å². The van der Waals surface area contributed by atoms with Crippen LogP contribution in [0.5, 0.6) is 5.88 Å². The van der Waals surface area contributed by atoms with E-state index in [0.29, 0.717) is 6.07 Å². The standard InChI is InChI=1S/C14H11F3N2O2/c1-21-14-11(4-10(16)7-19-14)13(20)18-6-8-2-3-9(15)5-12(8)17/h2-5,7H,6H2,1H3,(H,18,20). The summed E-state index contributed by atoms with van der Waals surface area (Å²) in [6.45, 7) is -0.176. The van der Waals surface area contributed by atoms with Crippen LogP contribution in [0.15, 0.2) is 30.5 Å². The van der Waals surface area contributed by atoms with Crippen LogP contribution >= 0.6 is 0 Å². The number of carbonyl (C=O) groups is 1. The lowest BCUT2D eigenvalue weighted by molar-refractivity contribution is 0.0946. The monoisotopic (exact) mass is 296 g/mol. The molecule has 0 fully saturated rings. The van der Waals surface area contributed by atoms with Crippen LogP contribution in [0.3, 0.4) is 0 Å². The van der Waals surface area contributed by atoms with Crippen molar-refractivity contribution in [3.05, 3.63) is 59.0 Å². The lowest BCUT2D eigenvalue weighted by Gasteiger charge is -2.09. The lowest BCUT2D eigenvalue weighted by atomic mass is 10.2. The Morgan fingerprint density at radius 2 is 2.00 bits per heavy atom. The molecule has 0 aliphatic rings. The third kappa shape index (κ3) is 3.50. The number of rotatable bonds is 4. The fraction of sp³-hybridized carbons (Fsp3) is 0.143. The molecule has 7 heteroatoms. The van der Waals surface area contributed by atoms with Crippen LogP contribution in [-0.4, -0.2) is 18.0 Å². The summed E-state index contributed by atoms with van der Waals surface area (Å²) in [6.07, 6.45) is 0.912. The Hall–Kier alpha value is -2.57. The highest BCUT2D eigenvalue weighted by atomic mass is 19.1. The van der Waals surface area contributed by atoms with Crippen molar-refractivity contribution in [2.24, 2.45) is 0 Å². The number of aromatic nitrogens is 1. The Labute approximate surface area is 118 Å². The van der Waals surface area contributed by atoms with Crippen LogP contribution in [0.25, 0.3) is 0 Å². The molecule has 0 atom stereocenters. The van der Waals surface area contributed by atoms with Crippen molar-refractivity contribution < 1.29 is 22.7 Å². The topological polar surface area (TPSA) is 51.2 Å². The zero-order chi connectivity index (χ0) is 15.4. The van der Waals surface area contributed by atoms with Crippen LogP contribution < -0.4 is 10.1 Å². The van der Waals surface area contributed by atoms with E-state index in [1.165, 1.54) is 13.2 Å². The summed E-state index contributed by atoms with van der Waals surface area (Å²) in [7, 11) is 1.29. The maximum atomic E-state index is 13.4. The number of nitrogens with one attached hydrogen (secondary N) is 1. The molecule has 1 aromatic carbocycles. The van der Waals surface area contributed by atoms with E-state index in [1.807, 2.05) is 0 Å². The molecule has 1 amide bonds. The number of nitrogens with zero attached hydrogens (tertiary/aromatic N) is 1. The normalized spacial score (nSPS) is 10.3. The number of halogens is 3. The molecule has 0 aliphatic heterocycles. The average Bonchev–Trinajstić information content (AvgIpc) is 2.46. The van der Waals surface area contributed by atoms with Gasteiger partial charge >= 0.3 is 0 Å². The minimum absolute atomic E-state index is 0.0477. The summed E-state index contributed by atoms with van der Waals surface area (Å²) >= 11 is 0. The molecular weight excluding hydrogens is 285 g/mol. The summed E-state index contributed by atoms with van der Waals surface area (Å²) in [5, 5.41) is 2.39. The van der Waals surface area contributed by atoms with E-state index in [9.17, 15) is 18.0 Å². The van der Waals surface area contributed by atoms with Gasteiger partial charge in [-0.1, -0.05) is 6.07 Å². The Morgan fingerprint density at radius 1 is 1.24 bits per heavy atom. The van der Waals surface area contributed by atoms with E-state index < -0.39 is 23.4 Å². The van der Waals surface area contributed by atoms with Gasteiger partial charge in [0.05, 0.1) is 13.3 Å². The first-order chi connectivity index (χ1) is 10.0. The molecule has 1 N–H and O–H groups in total. The molecular formula is C14H11F3N2O2. The Balaban J connectivity index is 2.13. The summed E-state index contributed by atoms with van der Waals surface area (Å²) < 4.78 is 44.2. The second-order valence-corrected chi connectivity index (χ2v) is 4.13. The predicted octanol–water partition coefficient (Wildman–Crippen LogP) is 2.44. The molecule has 0 saturated carbocycles. The molecule has 1 aromatic heterocycles. The van der Waals surface area contributed by atoms with E-state index in [1.54, 1.807) is 0 Å². The van der Waals surface area contributed by atoms with Gasteiger partial charge in [-0.2, -0.15) is 0 Å². The second kappa shape index (κ2) is 6.25. The zero-order valence-corrected chi connectivity index (χ0v) is 11.0. The van der Waals surface area contributed by atoms with Gasteiger partial charge in [-0.15, -0.1) is 0 Å². The highest BCUT2D eigenvalue weighted by Gasteiger charge is 2.15. The molecule has 0 radical (unpaired) electrons. The second-order valence-electron chi connectivity index (χ2n) is 4.13. The Morgan fingerprint density at radius 3 is 2.67 bits per heavy atom. The number of hydrogen-bond acceptors (Lipinski definition) is 3. The summed E-state index contributed by atoms with van der Waals surface area (Å²) in [5.41, 5.74) is -0.00639. The van der Waals surface area contributed by atoms with Crippen molar-refractivity contribution in [3.8, 4) is 5.88 Å². The third-order valence-corrected chi connectivity index (χ3v) is 2.71. The van der Waals surface area contributed by atoms with Gasteiger partial charge in [0, 0.05) is 18.2 Å². The maximum absolute atomic E-state index is 13.4. The van der Waals surface area contributed by atoms with Gasteiger partial charge in [0.1, 0.15) is 23.0 Å². The lowest BCUT2D eigenvalue weighted by Crippen LogP contribution is -2.24. The molecule has 110 valence electrons. The predicted molar refractivity (Wildman–Crippen MR) is 68.3 cm³/mol. The summed E-state index contributed by atoms with van der Waals surface area (Å²) in [6, 6.07) is 3.97. The van der Waals surface area contributed by atoms with Crippen molar-refractivity contribution >= 4 is 5.91 Å². The smallest absolute Gasteiger partial charge is 0.257 e. The van der Waals surface area contributed by atoms with Crippen LogP contribution in [0, 0.1) is 17.5 Å². The van der Waals surface area contributed by atoms with Crippen molar-refractivity contribution in [3.63, 3.8) is 0 Å². The van der Waals surface area contributed by atoms with Crippen LogP contribution in [-0.2, 0) is 6.54 Å². The molecule has 4 nitrogen and oxygen atoms in total. The Kier molecular flexibility index (Phi) is 4.42. The molecule has 21 heavy (non-hydrogen) atoms. The van der Waals surface area contributed by atoms with Gasteiger partial charge in [-0.3, -0.25) is 4.79 Å². The molecule has 0 unspecified atom stereocenters. The van der Waals surface area contributed by atoms with Gasteiger partial charge in [0.2, 0.25) is 5.88 Å². The number of hydrogen-bond donors (Lipinski definition) is 1. The zero-order valence-electron chi connectivity index (χ0n) is 11.0. The van der Waals surface area contributed by atoms with Crippen LogP contribution in [0.4, 0.5) is 13.2 Å². The molecule has 0 saturated heterocycles. The highest BCUT2D eigenvalue weighted by Crippen LogP contribution is 2.16. The third-order valence-electron chi connectivity index (χ3n) is 2.71. The van der Waals surface area contributed by atoms with E-state index in [-0.39, 0.29) is 23.6 Å². The van der Waals surface area contributed by atoms with Crippen LogP contribution in [0.1, 0.15) is 15.9 Å². The molecule has 2 aromatic rings. The van der Waals surface area contributed by atoms with Crippen molar-refractivity contribution in [2.45, 2.75) is 6.54 Å². The number of carbonyl (C=O) groups excluding carboxylic acids is 1. The molecule has 0 aliphatic carbocycles. The van der Waals surface area contributed by atoms with E-state index in [4.69, 9.17) is 4.74 Å². The number of pyridine rings is 1. The highest BCUT2D eigenvalue weighted by molar-refractivity contribution is 5.96. The molecule has 1 heterocycles. The van der Waals surface area contributed by atoms with Gasteiger partial charge in [0.25, 0.3) is 5.91 Å². The fourth-order valence-electron chi connectivity index (χ4n) is 1.69. The number of benzene rings is 1. The van der Waals surface area contributed by atoms with Crippen molar-refractivity contribution in [1.82, 2.24) is 10.3 Å². The molecule has 0 spiro atoms. The molecule has 2 rings (SSSR count).